The summed E-state index contributed by atoms with van der Waals surface area (Å²) in [4.78, 5) is 14.4. The Balaban J connectivity index is 1.36. The van der Waals surface area contributed by atoms with Gasteiger partial charge in [-0.2, -0.15) is 0 Å². The maximum absolute atomic E-state index is 13.7. The average Bonchev–Trinajstić information content (AvgIpc) is 3.36. The Morgan fingerprint density at radius 1 is 1.16 bits per heavy atom. The molecule has 1 aromatic heterocycles. The molecule has 1 N–H and O–H groups in total. The summed E-state index contributed by atoms with van der Waals surface area (Å²) < 4.78 is 46.4. The van der Waals surface area contributed by atoms with Crippen LogP contribution in [-0.4, -0.2) is 39.8 Å². The molecule has 0 spiro atoms. The topological polar surface area (TPSA) is 71.3 Å². The zero-order chi connectivity index (χ0) is 22.9. The Kier molecular flexibility index (Phi) is 5.90. The third kappa shape index (κ3) is 4.19. The summed E-state index contributed by atoms with van der Waals surface area (Å²) in [7, 11) is 0. The Labute approximate surface area is 183 Å². The molecule has 6 nitrogen and oxygen atoms in total. The van der Waals surface area contributed by atoms with Crippen LogP contribution in [0.15, 0.2) is 46.9 Å². The second-order valence-electron chi connectivity index (χ2n) is 8.29. The van der Waals surface area contributed by atoms with E-state index in [1.54, 1.807) is 4.90 Å². The maximum atomic E-state index is 13.7. The van der Waals surface area contributed by atoms with E-state index in [0.717, 1.165) is 17.7 Å². The minimum Gasteiger partial charge on any atom is -0.421 e. The summed E-state index contributed by atoms with van der Waals surface area (Å²) in [6.45, 7) is 4.34. The molecule has 3 aromatic rings. The first kappa shape index (κ1) is 21.9. The van der Waals surface area contributed by atoms with E-state index in [1.807, 2.05) is 44.2 Å². The van der Waals surface area contributed by atoms with E-state index in [2.05, 4.69) is 15.5 Å². The van der Waals surface area contributed by atoms with Crippen LogP contribution >= 0.6 is 0 Å². The monoisotopic (exact) mass is 444 g/mol. The summed E-state index contributed by atoms with van der Waals surface area (Å²) in [6.07, 6.45) is 0.868. The number of hydrogen-bond donors (Lipinski definition) is 1. The van der Waals surface area contributed by atoms with Crippen molar-refractivity contribution < 1.29 is 22.4 Å². The van der Waals surface area contributed by atoms with E-state index in [-0.39, 0.29) is 18.5 Å². The normalized spacial score (nSPS) is 17.5. The Bertz CT molecular complexity index is 1090. The van der Waals surface area contributed by atoms with Gasteiger partial charge in [0.05, 0.1) is 0 Å². The summed E-state index contributed by atoms with van der Waals surface area (Å²) >= 11 is 0. The number of carbonyl (C=O) groups excluding carboxylic acids is 1. The lowest BCUT2D eigenvalue weighted by Gasteiger charge is -2.36. The standard InChI is InChI=1S/C23H23F3N4O2/c1-23(2)16(15-12-17(24)20(26)18(25)13-15)9-11-30(23)22(31)27-10-8-19-28-29-21(32-19)14-6-4-3-5-7-14/h3-7,12-13,16H,8-11H2,1-2H3,(H,27,31). The summed E-state index contributed by atoms with van der Waals surface area (Å²) in [5, 5.41) is 10.9. The molecule has 32 heavy (non-hydrogen) atoms. The third-order valence-electron chi connectivity index (χ3n) is 5.95. The SMILES string of the molecule is CC1(C)C(c2cc(F)c(F)c(F)c2)CCN1C(=O)NCCc1nnc(-c2ccccc2)o1. The Morgan fingerprint density at radius 2 is 1.84 bits per heavy atom. The molecule has 2 amide bonds. The zero-order valence-corrected chi connectivity index (χ0v) is 17.7. The number of hydrogen-bond acceptors (Lipinski definition) is 4. The summed E-state index contributed by atoms with van der Waals surface area (Å²) in [5.41, 5.74) is 0.431. The van der Waals surface area contributed by atoms with Crippen LogP contribution in [0.3, 0.4) is 0 Å². The fraction of sp³-hybridized carbons (Fsp3) is 0.348. The highest BCUT2D eigenvalue weighted by molar-refractivity contribution is 5.75. The highest BCUT2D eigenvalue weighted by atomic mass is 19.2. The predicted molar refractivity (Wildman–Crippen MR) is 111 cm³/mol. The largest absolute Gasteiger partial charge is 0.421 e. The number of benzene rings is 2. The fourth-order valence-electron chi connectivity index (χ4n) is 4.23. The van der Waals surface area contributed by atoms with Gasteiger partial charge in [0.1, 0.15) is 0 Å². The van der Waals surface area contributed by atoms with Gasteiger partial charge in [-0.05, 0) is 50.1 Å². The van der Waals surface area contributed by atoms with Crippen molar-refractivity contribution in [3.8, 4) is 11.5 Å². The highest BCUT2D eigenvalue weighted by Gasteiger charge is 2.44. The number of amides is 2. The Hall–Kier alpha value is -3.36. The number of rotatable bonds is 5. The van der Waals surface area contributed by atoms with Crippen molar-refractivity contribution in [3.05, 3.63) is 71.4 Å². The van der Waals surface area contributed by atoms with Crippen molar-refractivity contribution in [2.24, 2.45) is 0 Å². The number of halogens is 3. The molecule has 168 valence electrons. The first-order valence-electron chi connectivity index (χ1n) is 10.3. The van der Waals surface area contributed by atoms with Crippen molar-refractivity contribution in [1.29, 1.82) is 0 Å². The van der Waals surface area contributed by atoms with E-state index in [0.29, 0.717) is 36.7 Å². The van der Waals surface area contributed by atoms with Crippen molar-refractivity contribution >= 4 is 6.03 Å². The number of urea groups is 1. The second-order valence-corrected chi connectivity index (χ2v) is 8.29. The van der Waals surface area contributed by atoms with Crippen molar-refractivity contribution in [1.82, 2.24) is 20.4 Å². The molecular formula is C23H23F3N4O2. The quantitative estimate of drug-likeness (QED) is 0.581. The fourth-order valence-corrected chi connectivity index (χ4v) is 4.23. The van der Waals surface area contributed by atoms with Crippen molar-refractivity contribution in [2.75, 3.05) is 13.1 Å². The molecule has 1 atom stereocenters. The molecule has 1 saturated heterocycles. The van der Waals surface area contributed by atoms with Gasteiger partial charge in [-0.3, -0.25) is 0 Å². The minimum absolute atomic E-state index is 0.284. The maximum Gasteiger partial charge on any atom is 0.317 e. The molecule has 0 radical (unpaired) electrons. The number of nitrogens with one attached hydrogen (secondary N) is 1. The minimum atomic E-state index is -1.49. The lowest BCUT2D eigenvalue weighted by molar-refractivity contribution is 0.158. The highest BCUT2D eigenvalue weighted by Crippen LogP contribution is 2.42. The zero-order valence-electron chi connectivity index (χ0n) is 17.7. The van der Waals surface area contributed by atoms with Crippen molar-refractivity contribution in [2.45, 2.75) is 38.1 Å². The molecule has 4 rings (SSSR count). The van der Waals surface area contributed by atoms with Crippen molar-refractivity contribution in [3.63, 3.8) is 0 Å². The molecule has 1 aliphatic heterocycles. The Morgan fingerprint density at radius 3 is 2.53 bits per heavy atom. The van der Waals surface area contributed by atoms with Crippen LogP contribution in [-0.2, 0) is 6.42 Å². The number of carbonyl (C=O) groups is 1. The molecule has 1 fully saturated rings. The first-order chi connectivity index (χ1) is 15.3. The average molecular weight is 444 g/mol. The van der Waals surface area contributed by atoms with Gasteiger partial charge < -0.3 is 14.6 Å². The number of likely N-dealkylation sites (tertiary alicyclic amines) is 1. The predicted octanol–water partition coefficient (Wildman–Crippen LogP) is 4.67. The van der Waals surface area contributed by atoms with Gasteiger partial charge in [-0.1, -0.05) is 18.2 Å². The molecule has 0 saturated carbocycles. The summed E-state index contributed by atoms with van der Waals surface area (Å²) in [5.74, 6) is -3.46. The van der Waals surface area contributed by atoms with Gasteiger partial charge in [-0.15, -0.1) is 10.2 Å². The molecule has 0 aliphatic carbocycles. The molecule has 0 bridgehead atoms. The summed E-state index contributed by atoms with van der Waals surface area (Å²) in [6, 6.07) is 11.1. The van der Waals surface area contributed by atoms with Gasteiger partial charge in [0.2, 0.25) is 11.8 Å². The number of nitrogens with zero attached hydrogens (tertiary/aromatic N) is 3. The van der Waals surface area contributed by atoms with E-state index >= 15 is 0 Å². The van der Waals surface area contributed by atoms with Crippen LogP contribution in [0.4, 0.5) is 18.0 Å². The number of aromatic nitrogens is 2. The smallest absolute Gasteiger partial charge is 0.317 e. The first-order valence-corrected chi connectivity index (χ1v) is 10.3. The van der Waals surface area contributed by atoms with Crippen LogP contribution in [0.25, 0.3) is 11.5 Å². The molecule has 1 aliphatic rings. The second kappa shape index (κ2) is 8.64. The van der Waals surface area contributed by atoms with Crippen LogP contribution in [0, 0.1) is 17.5 Å². The van der Waals surface area contributed by atoms with E-state index in [9.17, 15) is 18.0 Å². The molecule has 2 aromatic carbocycles. The van der Waals surface area contributed by atoms with Crippen LogP contribution in [0.2, 0.25) is 0 Å². The lowest BCUT2D eigenvalue weighted by atomic mass is 9.82. The van der Waals surface area contributed by atoms with Gasteiger partial charge in [0.25, 0.3) is 0 Å². The molecule has 1 unspecified atom stereocenters. The van der Waals surface area contributed by atoms with Gasteiger partial charge >= 0.3 is 6.03 Å². The third-order valence-corrected chi connectivity index (χ3v) is 5.95. The van der Waals surface area contributed by atoms with Crippen LogP contribution in [0.5, 0.6) is 0 Å². The van der Waals surface area contributed by atoms with Crippen LogP contribution in [0.1, 0.15) is 37.6 Å². The van der Waals surface area contributed by atoms with E-state index < -0.39 is 23.0 Å². The molecule has 2 heterocycles. The molecular weight excluding hydrogens is 421 g/mol. The van der Waals surface area contributed by atoms with E-state index in [1.165, 1.54) is 0 Å². The van der Waals surface area contributed by atoms with Gasteiger partial charge in [0, 0.05) is 36.5 Å². The molecule has 9 heteroatoms. The van der Waals surface area contributed by atoms with Gasteiger partial charge in [0.15, 0.2) is 17.5 Å². The van der Waals surface area contributed by atoms with Crippen LogP contribution < -0.4 is 5.32 Å². The lowest BCUT2D eigenvalue weighted by Crippen LogP contribution is -2.50. The van der Waals surface area contributed by atoms with E-state index in [4.69, 9.17) is 4.42 Å². The van der Waals surface area contributed by atoms with Gasteiger partial charge in [-0.25, -0.2) is 18.0 Å².